The van der Waals surface area contributed by atoms with Crippen LogP contribution in [0.1, 0.15) is 43.5 Å². The number of fused-ring (bicyclic) bond motifs is 1. The first kappa shape index (κ1) is 14.3. The molecule has 2 rings (SSSR count). The first-order chi connectivity index (χ1) is 9.68. The SMILES string of the molecule is CC(C)NC(=O)c1cnn2c1/N=C/NCCCC/C=C\2. The Hall–Kier alpha value is -2.11. The molecule has 6 heteroatoms. The molecule has 1 aliphatic heterocycles. The summed E-state index contributed by atoms with van der Waals surface area (Å²) in [5, 5.41) is 10.2. The third kappa shape index (κ3) is 3.69. The molecule has 108 valence electrons. The summed E-state index contributed by atoms with van der Waals surface area (Å²) in [6.45, 7) is 4.74. The van der Waals surface area contributed by atoms with Crippen LogP contribution >= 0.6 is 0 Å². The third-order valence-electron chi connectivity index (χ3n) is 2.90. The van der Waals surface area contributed by atoms with Crippen molar-refractivity contribution in [3.05, 3.63) is 17.8 Å². The summed E-state index contributed by atoms with van der Waals surface area (Å²) in [6.07, 6.45) is 10.3. The zero-order valence-electron chi connectivity index (χ0n) is 12.0. The number of hydrogen-bond donors (Lipinski definition) is 2. The van der Waals surface area contributed by atoms with E-state index in [0.29, 0.717) is 11.4 Å². The fourth-order valence-corrected chi connectivity index (χ4v) is 1.93. The Kier molecular flexibility index (Phi) is 4.92. The van der Waals surface area contributed by atoms with Crippen LogP contribution in [0.25, 0.3) is 6.20 Å². The zero-order chi connectivity index (χ0) is 14.4. The van der Waals surface area contributed by atoms with Gasteiger partial charge in [-0.2, -0.15) is 5.10 Å². The molecular weight excluding hydrogens is 254 g/mol. The lowest BCUT2D eigenvalue weighted by molar-refractivity contribution is 0.0944. The molecule has 6 nitrogen and oxygen atoms in total. The van der Waals surface area contributed by atoms with Crippen molar-refractivity contribution in [3.63, 3.8) is 0 Å². The minimum atomic E-state index is -0.151. The predicted octanol–water partition coefficient (Wildman–Crippen LogP) is 1.93. The summed E-state index contributed by atoms with van der Waals surface area (Å²) in [4.78, 5) is 16.5. The van der Waals surface area contributed by atoms with Crippen LogP contribution in [0.15, 0.2) is 17.3 Å². The molecule has 0 atom stereocenters. The van der Waals surface area contributed by atoms with Gasteiger partial charge in [-0.1, -0.05) is 6.08 Å². The molecule has 20 heavy (non-hydrogen) atoms. The van der Waals surface area contributed by atoms with Crippen LogP contribution in [0.3, 0.4) is 0 Å². The second-order valence-corrected chi connectivity index (χ2v) is 5.05. The number of nitrogens with zero attached hydrogens (tertiary/aromatic N) is 3. The highest BCUT2D eigenvalue weighted by atomic mass is 16.1. The van der Waals surface area contributed by atoms with Gasteiger partial charge in [0, 0.05) is 18.8 Å². The van der Waals surface area contributed by atoms with Crippen molar-refractivity contribution in [2.75, 3.05) is 6.54 Å². The third-order valence-corrected chi connectivity index (χ3v) is 2.90. The van der Waals surface area contributed by atoms with Crippen LogP contribution in [0.5, 0.6) is 0 Å². The summed E-state index contributed by atoms with van der Waals surface area (Å²) >= 11 is 0. The fourth-order valence-electron chi connectivity index (χ4n) is 1.93. The summed E-state index contributed by atoms with van der Waals surface area (Å²) in [6, 6.07) is 0.0819. The number of aromatic nitrogens is 2. The minimum Gasteiger partial charge on any atom is -0.376 e. The Morgan fingerprint density at radius 1 is 1.45 bits per heavy atom. The molecule has 0 bridgehead atoms. The lowest BCUT2D eigenvalue weighted by Gasteiger charge is -2.07. The lowest BCUT2D eigenvalue weighted by Crippen LogP contribution is -2.29. The average Bonchev–Trinajstić information content (AvgIpc) is 2.76. The molecular formula is C14H21N5O. The maximum absolute atomic E-state index is 12.1. The quantitative estimate of drug-likeness (QED) is 0.866. The highest BCUT2D eigenvalue weighted by molar-refractivity contribution is 5.99. The van der Waals surface area contributed by atoms with Crippen molar-refractivity contribution >= 4 is 24.3 Å². The van der Waals surface area contributed by atoms with Gasteiger partial charge in [0.1, 0.15) is 5.56 Å². The first-order valence-electron chi connectivity index (χ1n) is 6.99. The summed E-state index contributed by atoms with van der Waals surface area (Å²) in [5.41, 5.74) is 0.487. The average molecular weight is 275 g/mol. The standard InChI is InChI=1S/C14H21N5O/c1-11(2)18-14(20)12-9-17-19-8-6-4-3-5-7-15-10-16-13(12)19/h6,8-11H,3-5,7H2,1-2H3,(H,15,16)(H,18,20)/b8-6-. The molecule has 1 aromatic heterocycles. The molecule has 0 saturated heterocycles. The van der Waals surface area contributed by atoms with Gasteiger partial charge in [-0.15, -0.1) is 0 Å². The second kappa shape index (κ2) is 6.88. The van der Waals surface area contributed by atoms with E-state index in [4.69, 9.17) is 0 Å². The van der Waals surface area contributed by atoms with Crippen molar-refractivity contribution < 1.29 is 4.79 Å². The van der Waals surface area contributed by atoms with Crippen LogP contribution in [0, 0.1) is 0 Å². The molecule has 1 amide bonds. The van der Waals surface area contributed by atoms with Crippen molar-refractivity contribution in [1.29, 1.82) is 0 Å². The Morgan fingerprint density at radius 2 is 2.30 bits per heavy atom. The van der Waals surface area contributed by atoms with Crippen molar-refractivity contribution in [3.8, 4) is 0 Å². The second-order valence-electron chi connectivity index (χ2n) is 5.05. The molecule has 0 spiro atoms. The molecule has 1 aliphatic rings. The van der Waals surface area contributed by atoms with E-state index in [0.717, 1.165) is 25.8 Å². The normalized spacial score (nSPS) is 18.6. The minimum absolute atomic E-state index is 0.0819. The first-order valence-corrected chi connectivity index (χ1v) is 6.99. The summed E-state index contributed by atoms with van der Waals surface area (Å²) in [7, 11) is 0. The monoisotopic (exact) mass is 275 g/mol. The largest absolute Gasteiger partial charge is 0.376 e. The van der Waals surface area contributed by atoms with Crippen LogP contribution < -0.4 is 10.6 Å². The van der Waals surface area contributed by atoms with Gasteiger partial charge in [0.2, 0.25) is 0 Å². The number of aliphatic imine (C=N–C) groups is 1. The fraction of sp³-hybridized carbons (Fsp3) is 0.500. The molecule has 0 saturated carbocycles. The zero-order valence-corrected chi connectivity index (χ0v) is 12.0. The maximum Gasteiger partial charge on any atom is 0.256 e. The van der Waals surface area contributed by atoms with Crippen molar-refractivity contribution in [1.82, 2.24) is 20.4 Å². The molecule has 0 radical (unpaired) electrons. The molecule has 0 aliphatic carbocycles. The summed E-state index contributed by atoms with van der Waals surface area (Å²) < 4.78 is 1.64. The van der Waals surface area contributed by atoms with E-state index in [1.54, 1.807) is 17.2 Å². The molecule has 2 N–H and O–H groups in total. The summed E-state index contributed by atoms with van der Waals surface area (Å²) in [5.74, 6) is 0.399. The smallest absolute Gasteiger partial charge is 0.256 e. The number of amides is 1. The van der Waals surface area contributed by atoms with E-state index >= 15 is 0 Å². The highest BCUT2D eigenvalue weighted by Crippen LogP contribution is 2.19. The van der Waals surface area contributed by atoms with E-state index in [2.05, 4.69) is 26.8 Å². The van der Waals surface area contributed by atoms with Crippen LogP contribution in [0.2, 0.25) is 0 Å². The van der Waals surface area contributed by atoms with Gasteiger partial charge in [0.05, 0.1) is 12.5 Å². The van der Waals surface area contributed by atoms with Crippen LogP contribution in [-0.2, 0) is 0 Å². The topological polar surface area (TPSA) is 71.3 Å². The van der Waals surface area contributed by atoms with Gasteiger partial charge in [0.15, 0.2) is 5.82 Å². The predicted molar refractivity (Wildman–Crippen MR) is 80.2 cm³/mol. The van der Waals surface area contributed by atoms with Gasteiger partial charge in [-0.25, -0.2) is 9.67 Å². The number of rotatable bonds is 2. The highest BCUT2D eigenvalue weighted by Gasteiger charge is 2.16. The Balaban J connectivity index is 2.29. The maximum atomic E-state index is 12.1. The van der Waals surface area contributed by atoms with E-state index in [9.17, 15) is 4.79 Å². The Labute approximate surface area is 119 Å². The van der Waals surface area contributed by atoms with Gasteiger partial charge in [-0.05, 0) is 33.1 Å². The number of allylic oxidation sites excluding steroid dienone is 1. The van der Waals surface area contributed by atoms with Gasteiger partial charge < -0.3 is 10.6 Å². The van der Waals surface area contributed by atoms with Crippen molar-refractivity contribution in [2.24, 2.45) is 4.99 Å². The van der Waals surface area contributed by atoms with E-state index in [-0.39, 0.29) is 11.9 Å². The van der Waals surface area contributed by atoms with Gasteiger partial charge in [0.25, 0.3) is 5.91 Å². The Bertz CT molecular complexity index is 516. The molecule has 1 aromatic rings. The number of carbonyl (C=O) groups is 1. The van der Waals surface area contributed by atoms with Crippen LogP contribution in [-0.4, -0.2) is 34.6 Å². The van der Waals surface area contributed by atoms with E-state index < -0.39 is 0 Å². The van der Waals surface area contributed by atoms with Crippen LogP contribution in [0.4, 0.5) is 5.82 Å². The molecule has 0 unspecified atom stereocenters. The van der Waals surface area contributed by atoms with Crippen molar-refractivity contribution in [2.45, 2.75) is 39.2 Å². The van der Waals surface area contributed by atoms with Gasteiger partial charge >= 0.3 is 0 Å². The number of nitrogens with one attached hydrogen (secondary N) is 2. The lowest BCUT2D eigenvalue weighted by atomic mass is 10.2. The molecule has 2 heterocycles. The molecule has 0 aromatic carbocycles. The number of carbonyl (C=O) groups excluding carboxylic acids is 1. The van der Waals surface area contributed by atoms with Gasteiger partial charge in [-0.3, -0.25) is 4.79 Å². The van der Waals surface area contributed by atoms with E-state index in [1.807, 2.05) is 20.0 Å². The van der Waals surface area contributed by atoms with E-state index in [1.165, 1.54) is 0 Å². The Morgan fingerprint density at radius 3 is 3.10 bits per heavy atom. The number of hydrogen-bond acceptors (Lipinski definition) is 4. The molecule has 0 fully saturated rings.